The molecule has 2 N–H and O–H groups in total. The first kappa shape index (κ1) is 28.3. The van der Waals surface area contributed by atoms with E-state index in [1.807, 2.05) is 20.0 Å². The molecule has 1 aromatic heterocycles. The molecule has 0 aromatic carbocycles. The average molecular weight is 483 g/mol. The van der Waals surface area contributed by atoms with E-state index in [1.165, 1.54) is 12.7 Å². The van der Waals surface area contributed by atoms with E-state index >= 15 is 0 Å². The minimum Gasteiger partial charge on any atom is -0.469 e. The van der Waals surface area contributed by atoms with Gasteiger partial charge in [0, 0.05) is 67.3 Å². The van der Waals surface area contributed by atoms with Crippen molar-refractivity contribution in [2.75, 3.05) is 28.3 Å². The van der Waals surface area contributed by atoms with Gasteiger partial charge < -0.3 is 19.8 Å². The molecule has 1 aromatic rings. The minimum atomic E-state index is -0.196. The molecule has 192 valence electrons. The summed E-state index contributed by atoms with van der Waals surface area (Å²) in [4.78, 5) is 25.0. The number of aryl methyl sites for hydroxylation is 1. The van der Waals surface area contributed by atoms with Gasteiger partial charge in [-0.2, -0.15) is 0 Å². The van der Waals surface area contributed by atoms with Crippen LogP contribution in [0.4, 0.5) is 0 Å². The van der Waals surface area contributed by atoms with Crippen LogP contribution in [-0.2, 0) is 14.3 Å². The first-order valence-corrected chi connectivity index (χ1v) is 12.2. The first-order chi connectivity index (χ1) is 16.6. The van der Waals surface area contributed by atoms with Gasteiger partial charge in [-0.1, -0.05) is 12.5 Å². The zero-order valence-electron chi connectivity index (χ0n) is 23.0. The normalized spacial score (nSPS) is 21.7. The molecule has 7 heteroatoms. The number of rotatable bonds is 9. The van der Waals surface area contributed by atoms with Crippen LogP contribution in [0.15, 0.2) is 39.1 Å². The lowest BCUT2D eigenvalue weighted by Gasteiger charge is -2.18. The third-order valence-corrected chi connectivity index (χ3v) is 6.82. The lowest BCUT2D eigenvalue weighted by Crippen LogP contribution is -2.24. The Balaban J connectivity index is 2.64. The lowest BCUT2D eigenvalue weighted by atomic mass is 9.84. The van der Waals surface area contributed by atoms with E-state index in [0.717, 1.165) is 44.7 Å². The number of likely N-dealkylation sites (N-methyl/N-ethyl adjacent to an activating group) is 1. The Morgan fingerprint density at radius 1 is 1.29 bits per heavy atom. The van der Waals surface area contributed by atoms with Gasteiger partial charge in [-0.25, -0.2) is 0 Å². The molecule has 0 bridgehead atoms. The van der Waals surface area contributed by atoms with Crippen LogP contribution in [0.2, 0.25) is 0 Å². The molecule has 0 spiro atoms. The summed E-state index contributed by atoms with van der Waals surface area (Å²) in [5, 5.41) is 5.28. The molecule has 3 atom stereocenters. The standard InChI is InChI=1S/C28H42N4O3/c1-16(2)22(29-7)14-25-18(4)21(11-12-27(33)35-10)28(32-25)19(5)24-13-17(3)23(31-24)15-26(30-8)20(6)34-9/h13-15,18,20-21,29,31H,11-12H2,1-10H3/b23-15-,24-19-,25-14-,30-26?/t18-,20?,21-/m0/s1. The smallest absolute Gasteiger partial charge is 0.305 e. The highest BCUT2D eigenvalue weighted by Crippen LogP contribution is 2.37. The van der Waals surface area contributed by atoms with Crippen molar-refractivity contribution in [2.45, 2.75) is 60.5 Å². The average Bonchev–Trinajstić information content (AvgIpc) is 3.36. The molecule has 1 aliphatic heterocycles. The van der Waals surface area contributed by atoms with Crippen molar-refractivity contribution in [3.05, 3.63) is 45.4 Å². The Hall–Kier alpha value is -2.93. The summed E-state index contributed by atoms with van der Waals surface area (Å²) in [7, 11) is 6.82. The van der Waals surface area contributed by atoms with Crippen molar-refractivity contribution in [3.8, 4) is 0 Å². The van der Waals surface area contributed by atoms with E-state index in [-0.39, 0.29) is 23.9 Å². The van der Waals surface area contributed by atoms with Crippen molar-refractivity contribution >= 4 is 29.0 Å². The van der Waals surface area contributed by atoms with Gasteiger partial charge in [-0.3, -0.25) is 14.8 Å². The Morgan fingerprint density at radius 3 is 2.51 bits per heavy atom. The van der Waals surface area contributed by atoms with Crippen LogP contribution in [0.1, 0.15) is 53.0 Å². The number of nitrogens with zero attached hydrogens (tertiary/aromatic N) is 2. The first-order valence-electron chi connectivity index (χ1n) is 12.2. The van der Waals surface area contributed by atoms with Crippen LogP contribution in [-0.4, -0.2) is 56.8 Å². The van der Waals surface area contributed by atoms with Gasteiger partial charge in [0.15, 0.2) is 0 Å². The van der Waals surface area contributed by atoms with E-state index in [2.05, 4.69) is 62.1 Å². The number of aromatic amines is 1. The Bertz CT molecular complexity index is 1160. The highest BCUT2D eigenvalue weighted by Gasteiger charge is 2.33. The van der Waals surface area contributed by atoms with E-state index in [4.69, 9.17) is 14.5 Å². The van der Waals surface area contributed by atoms with E-state index in [9.17, 15) is 4.79 Å². The number of aliphatic imine (C=N–C) groups is 2. The summed E-state index contributed by atoms with van der Waals surface area (Å²) in [6.07, 6.45) is 5.11. The van der Waals surface area contributed by atoms with Crippen LogP contribution in [0, 0.1) is 18.8 Å². The topological polar surface area (TPSA) is 88.1 Å². The van der Waals surface area contributed by atoms with Crippen molar-refractivity contribution in [3.63, 3.8) is 0 Å². The number of aromatic nitrogens is 1. The van der Waals surface area contributed by atoms with Gasteiger partial charge in [-0.15, -0.1) is 0 Å². The summed E-state index contributed by atoms with van der Waals surface area (Å²) >= 11 is 0. The zero-order chi connectivity index (χ0) is 26.3. The van der Waals surface area contributed by atoms with Crippen LogP contribution in [0.5, 0.6) is 0 Å². The Kier molecular flexibility index (Phi) is 10.3. The second-order valence-electron chi connectivity index (χ2n) is 9.32. The molecule has 0 radical (unpaired) electrons. The molecule has 7 nitrogen and oxygen atoms in total. The van der Waals surface area contributed by atoms with Crippen LogP contribution >= 0.6 is 0 Å². The van der Waals surface area contributed by atoms with Crippen molar-refractivity contribution < 1.29 is 14.3 Å². The molecule has 0 saturated heterocycles. The SMILES string of the molecule is CN=C(/C=c1\[nH]/c(=C(/C)C2=N/C(=C\C(NC)=C(C)C)[C@@H](C)[C@@H]2CCC(=O)OC)cc1C)C(C)OC. The summed E-state index contributed by atoms with van der Waals surface area (Å²) in [6, 6.07) is 2.15. The summed E-state index contributed by atoms with van der Waals surface area (Å²) in [5.41, 5.74) is 7.36. The predicted octanol–water partition coefficient (Wildman–Crippen LogP) is 3.44. The molecule has 1 aliphatic rings. The fourth-order valence-corrected chi connectivity index (χ4v) is 4.37. The summed E-state index contributed by atoms with van der Waals surface area (Å²) in [5.74, 6) is 0.0989. The molecule has 0 fully saturated rings. The van der Waals surface area contributed by atoms with E-state index in [0.29, 0.717) is 12.8 Å². The minimum absolute atomic E-state index is 0.0943. The van der Waals surface area contributed by atoms with Crippen LogP contribution < -0.4 is 16.0 Å². The van der Waals surface area contributed by atoms with Gasteiger partial charge in [0.25, 0.3) is 0 Å². The largest absolute Gasteiger partial charge is 0.469 e. The maximum Gasteiger partial charge on any atom is 0.305 e. The number of carbonyl (C=O) groups is 1. The van der Waals surface area contributed by atoms with Crippen LogP contribution in [0.3, 0.4) is 0 Å². The number of methoxy groups -OCH3 is 2. The molecular formula is C28H42N4O3. The number of nitrogens with one attached hydrogen (secondary N) is 2. The third kappa shape index (κ3) is 6.82. The van der Waals surface area contributed by atoms with E-state index in [1.54, 1.807) is 14.2 Å². The Morgan fingerprint density at radius 2 is 1.97 bits per heavy atom. The fourth-order valence-electron chi connectivity index (χ4n) is 4.37. The van der Waals surface area contributed by atoms with Gasteiger partial charge in [0.1, 0.15) is 0 Å². The summed E-state index contributed by atoms with van der Waals surface area (Å²) in [6.45, 7) is 12.5. The number of carbonyl (C=O) groups excluding carboxylic acids is 1. The molecular weight excluding hydrogens is 440 g/mol. The van der Waals surface area contributed by atoms with Crippen molar-refractivity contribution in [2.24, 2.45) is 21.8 Å². The molecule has 0 aliphatic carbocycles. The quantitative estimate of drug-likeness (QED) is 0.417. The highest BCUT2D eigenvalue weighted by molar-refractivity contribution is 6.20. The van der Waals surface area contributed by atoms with Crippen molar-refractivity contribution in [1.82, 2.24) is 10.3 Å². The van der Waals surface area contributed by atoms with Gasteiger partial charge >= 0.3 is 5.97 Å². The fraction of sp³-hybridized carbons (Fsp3) is 0.536. The van der Waals surface area contributed by atoms with Gasteiger partial charge in [0.2, 0.25) is 0 Å². The van der Waals surface area contributed by atoms with Crippen molar-refractivity contribution in [1.29, 1.82) is 0 Å². The monoisotopic (exact) mass is 482 g/mol. The van der Waals surface area contributed by atoms with Gasteiger partial charge in [-0.05, 0) is 70.4 Å². The van der Waals surface area contributed by atoms with E-state index < -0.39 is 0 Å². The zero-order valence-corrected chi connectivity index (χ0v) is 23.0. The number of H-pyrrole nitrogens is 1. The molecule has 0 saturated carbocycles. The molecule has 0 amide bonds. The Labute approximate surface area is 209 Å². The highest BCUT2D eigenvalue weighted by atomic mass is 16.5. The molecule has 2 rings (SSSR count). The van der Waals surface area contributed by atoms with Crippen LogP contribution in [0.25, 0.3) is 11.6 Å². The second-order valence-corrected chi connectivity index (χ2v) is 9.32. The maximum absolute atomic E-state index is 11.9. The lowest BCUT2D eigenvalue weighted by molar-refractivity contribution is -0.140. The molecule has 35 heavy (non-hydrogen) atoms. The number of hydrogen-bond acceptors (Lipinski definition) is 6. The third-order valence-electron chi connectivity index (χ3n) is 6.82. The molecule has 2 heterocycles. The predicted molar refractivity (Wildman–Crippen MR) is 145 cm³/mol. The maximum atomic E-state index is 11.9. The molecule has 1 unspecified atom stereocenters. The summed E-state index contributed by atoms with van der Waals surface area (Å²) < 4.78 is 10.4. The number of allylic oxidation sites excluding steroid dienone is 3. The number of hydrogen-bond donors (Lipinski definition) is 2. The second kappa shape index (κ2) is 12.7. The number of esters is 1. The number of ether oxygens (including phenoxy) is 2. The van der Waals surface area contributed by atoms with Gasteiger partial charge in [0.05, 0.1) is 18.9 Å².